The summed E-state index contributed by atoms with van der Waals surface area (Å²) in [5, 5.41) is 5.07. The minimum Gasteiger partial charge on any atom is -0.497 e. The highest BCUT2D eigenvalue weighted by atomic mass is 79.9. The summed E-state index contributed by atoms with van der Waals surface area (Å²) in [6, 6.07) is 12.5. The van der Waals surface area contributed by atoms with Crippen LogP contribution in [0.1, 0.15) is 27.6 Å². The Morgan fingerprint density at radius 2 is 1.80 bits per heavy atom. The number of hydrogen-bond acceptors (Lipinski definition) is 6. The number of rotatable bonds is 7. The molecule has 8 heteroatoms. The third-order valence-electron chi connectivity index (χ3n) is 4.31. The number of thiophene rings is 1. The highest BCUT2D eigenvalue weighted by Crippen LogP contribution is 2.37. The zero-order chi connectivity index (χ0) is 21.7. The number of ether oxygens (including phenoxy) is 3. The molecule has 0 radical (unpaired) electrons. The third-order valence-corrected chi connectivity index (χ3v) is 5.73. The van der Waals surface area contributed by atoms with E-state index >= 15 is 0 Å². The summed E-state index contributed by atoms with van der Waals surface area (Å²) in [4.78, 5) is 25.6. The Bertz CT molecular complexity index is 1060. The molecule has 156 valence electrons. The van der Waals surface area contributed by atoms with Crippen molar-refractivity contribution in [3.63, 3.8) is 0 Å². The molecule has 1 amide bonds. The van der Waals surface area contributed by atoms with Gasteiger partial charge < -0.3 is 19.5 Å². The van der Waals surface area contributed by atoms with E-state index in [1.54, 1.807) is 25.1 Å². The number of benzene rings is 2. The molecular weight excluding hydrogens is 470 g/mol. The predicted octanol–water partition coefficient (Wildman–Crippen LogP) is 5.62. The number of esters is 1. The zero-order valence-electron chi connectivity index (χ0n) is 16.7. The Balaban J connectivity index is 1.99. The Hall–Kier alpha value is -2.84. The number of amides is 1. The molecule has 0 atom stereocenters. The number of anilines is 1. The van der Waals surface area contributed by atoms with Crippen LogP contribution < -0.4 is 14.8 Å². The first-order valence-corrected chi connectivity index (χ1v) is 10.7. The van der Waals surface area contributed by atoms with Gasteiger partial charge in [0.25, 0.3) is 5.91 Å². The normalized spacial score (nSPS) is 10.4. The highest BCUT2D eigenvalue weighted by molar-refractivity contribution is 9.10. The van der Waals surface area contributed by atoms with Crippen molar-refractivity contribution in [3.05, 3.63) is 63.4 Å². The standard InChI is InChI=1S/C22H20BrNO5S/c1-4-29-22(26)19-17(13-5-7-14(23)8-6-13)12-30-21(19)24-20(25)16-10-9-15(27-2)11-18(16)28-3/h5-12H,4H2,1-3H3,(H,24,25). The summed E-state index contributed by atoms with van der Waals surface area (Å²) >= 11 is 4.67. The van der Waals surface area contributed by atoms with Crippen LogP contribution in [-0.2, 0) is 4.74 Å². The van der Waals surface area contributed by atoms with E-state index in [9.17, 15) is 9.59 Å². The Morgan fingerprint density at radius 3 is 2.43 bits per heavy atom. The van der Waals surface area contributed by atoms with Crippen LogP contribution in [0, 0.1) is 0 Å². The number of halogens is 1. The van der Waals surface area contributed by atoms with E-state index in [2.05, 4.69) is 21.2 Å². The van der Waals surface area contributed by atoms with E-state index in [-0.39, 0.29) is 6.61 Å². The van der Waals surface area contributed by atoms with Crippen molar-refractivity contribution in [2.45, 2.75) is 6.92 Å². The largest absolute Gasteiger partial charge is 0.497 e. The molecule has 30 heavy (non-hydrogen) atoms. The maximum atomic E-state index is 12.9. The number of methoxy groups -OCH3 is 2. The van der Waals surface area contributed by atoms with Gasteiger partial charge in [0.05, 0.1) is 26.4 Å². The van der Waals surface area contributed by atoms with Crippen LogP contribution in [-0.4, -0.2) is 32.7 Å². The summed E-state index contributed by atoms with van der Waals surface area (Å²) in [6.45, 7) is 1.97. The molecule has 0 saturated heterocycles. The quantitative estimate of drug-likeness (QED) is 0.435. The van der Waals surface area contributed by atoms with Crippen molar-refractivity contribution < 1.29 is 23.8 Å². The van der Waals surface area contributed by atoms with Crippen molar-refractivity contribution in [3.8, 4) is 22.6 Å². The monoisotopic (exact) mass is 489 g/mol. The first-order valence-electron chi connectivity index (χ1n) is 9.06. The summed E-state index contributed by atoms with van der Waals surface area (Å²) in [5.74, 6) is 0.0522. The van der Waals surface area contributed by atoms with Crippen molar-refractivity contribution in [2.75, 3.05) is 26.1 Å². The first kappa shape index (κ1) is 21.9. The van der Waals surface area contributed by atoms with Gasteiger partial charge in [-0.2, -0.15) is 0 Å². The average Bonchev–Trinajstić information content (AvgIpc) is 3.17. The first-order chi connectivity index (χ1) is 14.5. The van der Waals surface area contributed by atoms with Gasteiger partial charge in [0.15, 0.2) is 0 Å². The van der Waals surface area contributed by atoms with Crippen molar-refractivity contribution >= 4 is 44.1 Å². The fourth-order valence-electron chi connectivity index (χ4n) is 2.85. The Labute approximate surface area is 186 Å². The van der Waals surface area contributed by atoms with E-state index in [0.717, 1.165) is 10.0 Å². The van der Waals surface area contributed by atoms with Crippen molar-refractivity contribution in [1.82, 2.24) is 0 Å². The smallest absolute Gasteiger partial charge is 0.341 e. The molecule has 1 aromatic heterocycles. The van der Waals surface area contributed by atoms with Gasteiger partial charge >= 0.3 is 5.97 Å². The lowest BCUT2D eigenvalue weighted by Gasteiger charge is -2.12. The average molecular weight is 490 g/mol. The molecule has 2 aromatic carbocycles. The number of carbonyl (C=O) groups is 2. The molecule has 0 aliphatic rings. The van der Waals surface area contributed by atoms with E-state index in [1.807, 2.05) is 29.6 Å². The summed E-state index contributed by atoms with van der Waals surface area (Å²) in [7, 11) is 3.02. The lowest BCUT2D eigenvalue weighted by atomic mass is 10.0. The molecule has 0 spiro atoms. The van der Waals surface area contributed by atoms with Crippen LogP contribution in [0.2, 0.25) is 0 Å². The van der Waals surface area contributed by atoms with Gasteiger partial charge in [-0.25, -0.2) is 4.79 Å². The van der Waals surface area contributed by atoms with Gasteiger partial charge in [-0.15, -0.1) is 11.3 Å². The van der Waals surface area contributed by atoms with Gasteiger partial charge in [0.2, 0.25) is 0 Å². The maximum Gasteiger partial charge on any atom is 0.341 e. The van der Waals surface area contributed by atoms with Crippen LogP contribution in [0.25, 0.3) is 11.1 Å². The molecule has 3 rings (SSSR count). The van der Waals surface area contributed by atoms with Crippen molar-refractivity contribution in [1.29, 1.82) is 0 Å². The van der Waals surface area contributed by atoms with E-state index in [0.29, 0.717) is 33.2 Å². The fourth-order valence-corrected chi connectivity index (χ4v) is 4.07. The molecule has 0 unspecified atom stereocenters. The molecule has 0 aliphatic heterocycles. The van der Waals surface area contributed by atoms with Gasteiger partial charge in [0, 0.05) is 21.5 Å². The lowest BCUT2D eigenvalue weighted by Crippen LogP contribution is -2.15. The van der Waals surface area contributed by atoms with Gasteiger partial charge in [-0.1, -0.05) is 28.1 Å². The second-order valence-electron chi connectivity index (χ2n) is 6.10. The van der Waals surface area contributed by atoms with Crippen LogP contribution >= 0.6 is 27.3 Å². The zero-order valence-corrected chi connectivity index (χ0v) is 19.1. The molecular formula is C22H20BrNO5S. The molecule has 6 nitrogen and oxygen atoms in total. The Morgan fingerprint density at radius 1 is 1.07 bits per heavy atom. The van der Waals surface area contributed by atoms with Crippen LogP contribution in [0.4, 0.5) is 5.00 Å². The second kappa shape index (κ2) is 9.77. The van der Waals surface area contributed by atoms with Gasteiger partial charge in [-0.3, -0.25) is 4.79 Å². The molecule has 1 N–H and O–H groups in total. The fraction of sp³-hybridized carbons (Fsp3) is 0.182. The molecule has 0 fully saturated rings. The summed E-state index contributed by atoms with van der Waals surface area (Å²) in [6.07, 6.45) is 0. The minimum atomic E-state index is -0.492. The number of nitrogens with one attached hydrogen (secondary N) is 1. The van der Waals surface area contributed by atoms with Crippen LogP contribution in [0.3, 0.4) is 0 Å². The lowest BCUT2D eigenvalue weighted by molar-refractivity contribution is 0.0529. The van der Waals surface area contributed by atoms with Gasteiger partial charge in [-0.05, 0) is 36.8 Å². The topological polar surface area (TPSA) is 73.9 Å². The highest BCUT2D eigenvalue weighted by Gasteiger charge is 2.24. The summed E-state index contributed by atoms with van der Waals surface area (Å²) < 4.78 is 16.7. The SMILES string of the molecule is CCOC(=O)c1c(-c2ccc(Br)cc2)csc1NC(=O)c1ccc(OC)cc1OC. The third kappa shape index (κ3) is 4.66. The number of carbonyl (C=O) groups excluding carboxylic acids is 2. The predicted molar refractivity (Wildman–Crippen MR) is 121 cm³/mol. The Kier molecular flexibility index (Phi) is 7.12. The van der Waals surface area contributed by atoms with E-state index in [1.165, 1.54) is 25.6 Å². The maximum absolute atomic E-state index is 12.9. The minimum absolute atomic E-state index is 0.230. The molecule has 0 saturated carbocycles. The summed E-state index contributed by atoms with van der Waals surface area (Å²) in [5.41, 5.74) is 2.19. The number of hydrogen-bond donors (Lipinski definition) is 1. The van der Waals surface area contributed by atoms with Crippen LogP contribution in [0.5, 0.6) is 11.5 Å². The molecule has 1 heterocycles. The van der Waals surface area contributed by atoms with E-state index < -0.39 is 11.9 Å². The molecule has 3 aromatic rings. The molecule has 0 bridgehead atoms. The van der Waals surface area contributed by atoms with Gasteiger partial charge in [0.1, 0.15) is 22.1 Å². The molecule has 0 aliphatic carbocycles. The van der Waals surface area contributed by atoms with Crippen molar-refractivity contribution in [2.24, 2.45) is 0 Å². The van der Waals surface area contributed by atoms with E-state index in [4.69, 9.17) is 14.2 Å². The van der Waals surface area contributed by atoms with Crippen LogP contribution in [0.15, 0.2) is 52.3 Å². The second-order valence-corrected chi connectivity index (χ2v) is 7.90.